The highest BCUT2D eigenvalue weighted by Gasteiger charge is 2.11. The number of thiocarbonyl (C=S) groups is 1. The van der Waals surface area contributed by atoms with Gasteiger partial charge in [-0.2, -0.15) is 0 Å². The predicted molar refractivity (Wildman–Crippen MR) is 73.9 cm³/mol. The zero-order valence-corrected chi connectivity index (χ0v) is 11.9. The Morgan fingerprint density at radius 3 is 2.62 bits per heavy atom. The average molecular weight is 257 g/mol. The smallest absolute Gasteiger partial charge is 0.107 e. The molecule has 0 aromatic carbocycles. The van der Waals surface area contributed by atoms with Gasteiger partial charge in [-0.3, -0.25) is 4.90 Å². The molecule has 16 heavy (non-hydrogen) atoms. The molecule has 0 spiro atoms. The first-order chi connectivity index (χ1) is 7.40. The highest BCUT2D eigenvalue weighted by molar-refractivity contribution is 7.80. The van der Waals surface area contributed by atoms with E-state index in [2.05, 4.69) is 30.8 Å². The summed E-state index contributed by atoms with van der Waals surface area (Å²) in [5, 5.41) is 1.16. The minimum atomic E-state index is 0.252. The molecule has 5 heteroatoms. The van der Waals surface area contributed by atoms with E-state index < -0.39 is 0 Å². The molecule has 3 nitrogen and oxygen atoms in total. The Labute approximate surface area is 107 Å². The van der Waals surface area contributed by atoms with Gasteiger partial charge >= 0.3 is 0 Å². The maximum absolute atomic E-state index is 5.60. The summed E-state index contributed by atoms with van der Waals surface area (Å²) in [5.74, 6) is 0.252. The molecule has 0 saturated carbocycles. The third-order valence-electron chi connectivity index (χ3n) is 2.55. The molecule has 0 aliphatic heterocycles. The molecular formula is C11H19N3S2. The molecular weight excluding hydrogens is 238 g/mol. The number of aromatic nitrogens is 1. The van der Waals surface area contributed by atoms with E-state index in [0.717, 1.165) is 23.8 Å². The summed E-state index contributed by atoms with van der Waals surface area (Å²) in [6, 6.07) is 0. The van der Waals surface area contributed by atoms with Crippen LogP contribution in [0.3, 0.4) is 0 Å². The van der Waals surface area contributed by atoms with Crippen LogP contribution < -0.4 is 5.73 Å². The molecule has 2 N–H and O–H groups in total. The molecule has 0 saturated heterocycles. The Hall–Kier alpha value is -0.520. The van der Waals surface area contributed by atoms with Crippen LogP contribution in [0.5, 0.6) is 0 Å². The van der Waals surface area contributed by atoms with E-state index in [-0.39, 0.29) is 5.92 Å². The van der Waals surface area contributed by atoms with Crippen molar-refractivity contribution >= 4 is 28.5 Å². The summed E-state index contributed by atoms with van der Waals surface area (Å²) in [5.41, 5.74) is 6.73. The fourth-order valence-corrected chi connectivity index (χ4v) is 2.55. The van der Waals surface area contributed by atoms with Crippen molar-refractivity contribution in [2.45, 2.75) is 27.3 Å². The fraction of sp³-hybridized carbons (Fsp3) is 0.636. The Kier molecular flexibility index (Phi) is 4.83. The molecule has 0 aliphatic carbocycles. The zero-order chi connectivity index (χ0) is 12.3. The number of hydrogen-bond donors (Lipinski definition) is 1. The zero-order valence-electron chi connectivity index (χ0n) is 10.3. The molecule has 90 valence electrons. The lowest BCUT2D eigenvalue weighted by Gasteiger charge is -2.19. The van der Waals surface area contributed by atoms with Gasteiger partial charge in [0.25, 0.3) is 0 Å². The van der Waals surface area contributed by atoms with Gasteiger partial charge in [0.05, 0.1) is 17.2 Å². The number of nitrogens with two attached hydrogens (primary N) is 1. The fourth-order valence-electron chi connectivity index (χ4n) is 1.46. The Balaban J connectivity index is 2.51. The highest BCUT2D eigenvalue weighted by Crippen LogP contribution is 2.17. The van der Waals surface area contributed by atoms with E-state index >= 15 is 0 Å². The standard InChI is InChI=1S/C11H19N3S2/c1-7(11(12)15)5-14(4)6-10-13-8(2)9(3)16-10/h7H,5-6H2,1-4H3,(H2,12,15). The first-order valence-corrected chi connectivity index (χ1v) is 6.53. The van der Waals surface area contributed by atoms with Crippen LogP contribution in [0.25, 0.3) is 0 Å². The van der Waals surface area contributed by atoms with Gasteiger partial charge in [0.15, 0.2) is 0 Å². The van der Waals surface area contributed by atoms with Gasteiger partial charge in [0.1, 0.15) is 5.01 Å². The van der Waals surface area contributed by atoms with Gasteiger partial charge in [0, 0.05) is 17.3 Å². The van der Waals surface area contributed by atoms with E-state index in [4.69, 9.17) is 18.0 Å². The van der Waals surface area contributed by atoms with Crippen LogP contribution in [0.15, 0.2) is 0 Å². The molecule has 0 amide bonds. The Bertz CT molecular complexity index is 354. The summed E-state index contributed by atoms with van der Waals surface area (Å²) < 4.78 is 0. The topological polar surface area (TPSA) is 42.2 Å². The van der Waals surface area contributed by atoms with Crippen LogP contribution in [0.1, 0.15) is 22.5 Å². The summed E-state index contributed by atoms with van der Waals surface area (Å²) in [6.07, 6.45) is 0. The quantitative estimate of drug-likeness (QED) is 0.821. The lowest BCUT2D eigenvalue weighted by Crippen LogP contribution is -2.31. The summed E-state index contributed by atoms with van der Waals surface area (Å²) in [7, 11) is 2.07. The maximum Gasteiger partial charge on any atom is 0.107 e. The number of hydrogen-bond acceptors (Lipinski definition) is 4. The minimum Gasteiger partial charge on any atom is -0.393 e. The van der Waals surface area contributed by atoms with Crippen molar-refractivity contribution in [2.24, 2.45) is 11.7 Å². The SMILES string of the molecule is Cc1nc(CN(C)CC(C)C(N)=S)sc1C. The molecule has 1 aromatic heterocycles. The van der Waals surface area contributed by atoms with Crippen molar-refractivity contribution in [3.8, 4) is 0 Å². The normalized spacial score (nSPS) is 13.1. The molecule has 1 unspecified atom stereocenters. The monoisotopic (exact) mass is 257 g/mol. The van der Waals surface area contributed by atoms with Crippen LogP contribution >= 0.6 is 23.6 Å². The molecule has 1 heterocycles. The van der Waals surface area contributed by atoms with E-state index in [9.17, 15) is 0 Å². The number of rotatable bonds is 5. The predicted octanol–water partition coefficient (Wildman–Crippen LogP) is 2.11. The van der Waals surface area contributed by atoms with Crippen molar-refractivity contribution in [3.63, 3.8) is 0 Å². The molecule has 0 fully saturated rings. The van der Waals surface area contributed by atoms with E-state index in [1.165, 1.54) is 4.88 Å². The van der Waals surface area contributed by atoms with Crippen LogP contribution in [-0.2, 0) is 6.54 Å². The second-order valence-electron chi connectivity index (χ2n) is 4.25. The lowest BCUT2D eigenvalue weighted by molar-refractivity contribution is 0.307. The van der Waals surface area contributed by atoms with Gasteiger partial charge < -0.3 is 5.73 Å². The van der Waals surface area contributed by atoms with Crippen molar-refractivity contribution in [2.75, 3.05) is 13.6 Å². The van der Waals surface area contributed by atoms with Crippen molar-refractivity contribution in [3.05, 3.63) is 15.6 Å². The van der Waals surface area contributed by atoms with Gasteiger partial charge in [-0.15, -0.1) is 11.3 Å². The molecule has 0 radical (unpaired) electrons. The van der Waals surface area contributed by atoms with Crippen molar-refractivity contribution in [1.29, 1.82) is 0 Å². The van der Waals surface area contributed by atoms with Crippen molar-refractivity contribution in [1.82, 2.24) is 9.88 Å². The number of thiazole rings is 1. The highest BCUT2D eigenvalue weighted by atomic mass is 32.1. The third-order valence-corrected chi connectivity index (χ3v) is 4.01. The van der Waals surface area contributed by atoms with E-state index in [1.807, 2.05) is 6.92 Å². The van der Waals surface area contributed by atoms with Gasteiger partial charge in [-0.25, -0.2) is 4.98 Å². The molecule has 0 bridgehead atoms. The summed E-state index contributed by atoms with van der Waals surface area (Å²) in [4.78, 5) is 8.60. The second-order valence-corrected chi connectivity index (χ2v) is 6.01. The van der Waals surface area contributed by atoms with Crippen LogP contribution in [0.2, 0.25) is 0 Å². The largest absolute Gasteiger partial charge is 0.393 e. The van der Waals surface area contributed by atoms with Crippen LogP contribution in [0, 0.1) is 19.8 Å². The van der Waals surface area contributed by atoms with Gasteiger partial charge in [-0.1, -0.05) is 19.1 Å². The summed E-state index contributed by atoms with van der Waals surface area (Å²) in [6.45, 7) is 7.96. The molecule has 1 aromatic rings. The third kappa shape index (κ3) is 3.81. The van der Waals surface area contributed by atoms with E-state index in [1.54, 1.807) is 11.3 Å². The van der Waals surface area contributed by atoms with Crippen LogP contribution in [0.4, 0.5) is 0 Å². The molecule has 1 atom stereocenters. The average Bonchev–Trinajstić information content (AvgIpc) is 2.45. The first kappa shape index (κ1) is 13.5. The molecule has 0 aliphatic rings. The van der Waals surface area contributed by atoms with E-state index in [0.29, 0.717) is 4.99 Å². The Morgan fingerprint density at radius 2 is 2.19 bits per heavy atom. The first-order valence-electron chi connectivity index (χ1n) is 5.31. The van der Waals surface area contributed by atoms with Gasteiger partial charge in [-0.05, 0) is 20.9 Å². The minimum absolute atomic E-state index is 0.252. The Morgan fingerprint density at radius 1 is 1.56 bits per heavy atom. The van der Waals surface area contributed by atoms with Crippen molar-refractivity contribution < 1.29 is 0 Å². The van der Waals surface area contributed by atoms with Gasteiger partial charge in [0.2, 0.25) is 0 Å². The summed E-state index contributed by atoms with van der Waals surface area (Å²) >= 11 is 6.73. The number of nitrogens with zero attached hydrogens (tertiary/aromatic N) is 2. The second kappa shape index (κ2) is 5.70. The van der Waals surface area contributed by atoms with Crippen LogP contribution in [-0.4, -0.2) is 28.5 Å². The molecule has 1 rings (SSSR count). The maximum atomic E-state index is 5.60. The lowest BCUT2D eigenvalue weighted by atomic mass is 10.2. The number of aryl methyl sites for hydroxylation is 2.